The van der Waals surface area contributed by atoms with Crippen molar-refractivity contribution in [2.45, 2.75) is 19.3 Å². The molecule has 0 saturated heterocycles. The first kappa shape index (κ1) is 22.4. The molecule has 0 N–H and O–H groups in total. The van der Waals surface area contributed by atoms with E-state index in [0.717, 1.165) is 38.8 Å². The van der Waals surface area contributed by atoms with E-state index in [0.29, 0.717) is 0 Å². The van der Waals surface area contributed by atoms with Gasteiger partial charge < -0.3 is 13.4 Å². The third-order valence-corrected chi connectivity index (χ3v) is 9.57. The highest BCUT2D eigenvalue weighted by atomic mass is 16.3. The van der Waals surface area contributed by atoms with Crippen molar-refractivity contribution in [2.75, 3.05) is 0 Å². The molecule has 0 aliphatic heterocycles. The summed E-state index contributed by atoms with van der Waals surface area (Å²) in [6.07, 6.45) is 0. The van der Waals surface area contributed by atoms with E-state index in [1.807, 2.05) is 18.2 Å². The molecule has 0 bridgehead atoms. The van der Waals surface area contributed by atoms with E-state index in [1.54, 1.807) is 0 Å². The van der Waals surface area contributed by atoms with Crippen LogP contribution in [0.1, 0.15) is 25.0 Å². The molecule has 3 nitrogen and oxygen atoms in total. The zero-order chi connectivity index (χ0) is 27.7. The van der Waals surface area contributed by atoms with Crippen LogP contribution in [0.3, 0.4) is 0 Å². The van der Waals surface area contributed by atoms with Gasteiger partial charge in [0.05, 0.1) is 11.0 Å². The van der Waals surface area contributed by atoms with Crippen LogP contribution >= 0.6 is 0 Å². The van der Waals surface area contributed by atoms with Crippen molar-refractivity contribution >= 4 is 65.7 Å². The minimum absolute atomic E-state index is 0.197. The lowest BCUT2D eigenvalue weighted by Gasteiger charge is -2.22. The fourth-order valence-electron chi connectivity index (χ4n) is 7.78. The van der Waals surface area contributed by atoms with Crippen LogP contribution in [-0.2, 0) is 5.41 Å². The van der Waals surface area contributed by atoms with Crippen LogP contribution in [0, 0.1) is 0 Å². The largest absolute Gasteiger partial charge is 0.456 e. The van der Waals surface area contributed by atoms with Gasteiger partial charge in [-0.2, -0.15) is 0 Å². The molecule has 9 aromatic rings. The Morgan fingerprint density at radius 1 is 0.548 bits per heavy atom. The van der Waals surface area contributed by atoms with Crippen LogP contribution < -0.4 is 0 Å². The van der Waals surface area contributed by atoms with Crippen molar-refractivity contribution in [3.63, 3.8) is 0 Å². The third kappa shape index (κ3) is 2.62. The number of para-hydroxylation sites is 3. The van der Waals surface area contributed by atoms with Crippen molar-refractivity contribution < 1.29 is 8.83 Å². The summed E-state index contributed by atoms with van der Waals surface area (Å²) in [5, 5.41) is 7.21. The van der Waals surface area contributed by atoms with Gasteiger partial charge in [-0.3, -0.25) is 0 Å². The molecule has 3 heteroatoms. The van der Waals surface area contributed by atoms with E-state index in [1.165, 1.54) is 54.8 Å². The number of nitrogens with zero attached hydrogens (tertiary/aromatic N) is 1. The van der Waals surface area contributed by atoms with Gasteiger partial charge in [-0.1, -0.05) is 86.6 Å². The molecular weight excluding hydrogens is 514 g/mol. The van der Waals surface area contributed by atoms with Crippen LogP contribution in [0.2, 0.25) is 0 Å². The lowest BCUT2D eigenvalue weighted by Crippen LogP contribution is -2.15. The van der Waals surface area contributed by atoms with Gasteiger partial charge in [0.25, 0.3) is 0 Å². The molecule has 0 amide bonds. The summed E-state index contributed by atoms with van der Waals surface area (Å²) < 4.78 is 15.0. The molecular formula is C39H25NO2. The van der Waals surface area contributed by atoms with Crippen LogP contribution in [0.15, 0.2) is 124 Å². The normalized spacial score (nSPS) is 14.1. The number of aromatic nitrogens is 1. The van der Waals surface area contributed by atoms with E-state index in [9.17, 15) is 0 Å². The zero-order valence-corrected chi connectivity index (χ0v) is 23.2. The summed E-state index contributed by atoms with van der Waals surface area (Å²) in [4.78, 5) is 0. The molecule has 6 aromatic carbocycles. The molecule has 1 aliphatic rings. The highest BCUT2D eigenvalue weighted by molar-refractivity contribution is 6.18. The fraction of sp³-hybridized carbons (Fsp3) is 0.0769. The number of furan rings is 2. The standard InChI is InChI=1S/C39H25NO2/c1-39(2)29-18-16-25-23-9-3-6-12-30(23)40(22-15-19-33-28(21-22)24-10-4-7-13-31(24)41-33)38(25)35(29)27-17-20-34-36(37(27)39)26-11-5-8-14-32(26)42-34/h3-21H,1-2H3. The predicted molar refractivity (Wildman–Crippen MR) is 173 cm³/mol. The molecule has 1 aliphatic carbocycles. The van der Waals surface area contributed by atoms with E-state index in [2.05, 4.69) is 115 Å². The monoisotopic (exact) mass is 539 g/mol. The third-order valence-electron chi connectivity index (χ3n) is 9.57. The molecule has 3 heterocycles. The maximum Gasteiger partial charge on any atom is 0.135 e. The maximum atomic E-state index is 6.35. The van der Waals surface area contributed by atoms with E-state index in [4.69, 9.17) is 8.83 Å². The van der Waals surface area contributed by atoms with E-state index >= 15 is 0 Å². The Morgan fingerprint density at radius 3 is 2.07 bits per heavy atom. The number of benzene rings is 6. The average Bonchev–Trinajstić information content (AvgIpc) is 3.73. The molecule has 0 spiro atoms. The second-order valence-corrected chi connectivity index (χ2v) is 12.1. The second kappa shape index (κ2) is 7.51. The average molecular weight is 540 g/mol. The van der Waals surface area contributed by atoms with E-state index in [-0.39, 0.29) is 5.41 Å². The summed E-state index contributed by atoms with van der Waals surface area (Å²) >= 11 is 0. The molecule has 42 heavy (non-hydrogen) atoms. The Kier molecular flexibility index (Phi) is 4.01. The Labute approximate surface area is 241 Å². The maximum absolute atomic E-state index is 6.35. The number of hydrogen-bond acceptors (Lipinski definition) is 2. The zero-order valence-electron chi connectivity index (χ0n) is 23.2. The summed E-state index contributed by atoms with van der Waals surface area (Å²) in [5.74, 6) is 0. The van der Waals surface area contributed by atoms with Gasteiger partial charge >= 0.3 is 0 Å². The van der Waals surface area contributed by atoms with Gasteiger partial charge in [0, 0.05) is 49.0 Å². The quantitative estimate of drug-likeness (QED) is 0.208. The first-order chi connectivity index (χ1) is 20.6. The topological polar surface area (TPSA) is 31.2 Å². The summed E-state index contributed by atoms with van der Waals surface area (Å²) in [7, 11) is 0. The molecule has 0 saturated carbocycles. The first-order valence-corrected chi connectivity index (χ1v) is 14.5. The lowest BCUT2D eigenvalue weighted by atomic mass is 9.80. The second-order valence-electron chi connectivity index (χ2n) is 12.1. The Bertz CT molecular complexity index is 2610. The Morgan fingerprint density at radius 2 is 1.21 bits per heavy atom. The number of fused-ring (bicyclic) bond motifs is 14. The molecule has 0 atom stereocenters. The van der Waals surface area contributed by atoms with Gasteiger partial charge in [0.2, 0.25) is 0 Å². The van der Waals surface area contributed by atoms with Crippen molar-refractivity contribution in [1.29, 1.82) is 0 Å². The van der Waals surface area contributed by atoms with Crippen LogP contribution in [0.5, 0.6) is 0 Å². The smallest absolute Gasteiger partial charge is 0.135 e. The molecule has 0 fully saturated rings. The van der Waals surface area contributed by atoms with Crippen molar-refractivity contribution in [3.8, 4) is 16.8 Å². The van der Waals surface area contributed by atoms with Crippen molar-refractivity contribution in [2.24, 2.45) is 0 Å². The van der Waals surface area contributed by atoms with E-state index < -0.39 is 0 Å². The molecule has 10 rings (SSSR count). The van der Waals surface area contributed by atoms with Crippen LogP contribution in [0.4, 0.5) is 0 Å². The van der Waals surface area contributed by atoms with Gasteiger partial charge in [-0.05, 0) is 59.2 Å². The van der Waals surface area contributed by atoms with Crippen LogP contribution in [0.25, 0.3) is 82.5 Å². The number of hydrogen-bond donors (Lipinski definition) is 0. The van der Waals surface area contributed by atoms with Gasteiger partial charge in [0.15, 0.2) is 0 Å². The van der Waals surface area contributed by atoms with Gasteiger partial charge in [0.1, 0.15) is 22.3 Å². The minimum atomic E-state index is -0.197. The molecule has 198 valence electrons. The highest BCUT2D eigenvalue weighted by Gasteiger charge is 2.40. The minimum Gasteiger partial charge on any atom is -0.456 e. The number of rotatable bonds is 1. The van der Waals surface area contributed by atoms with Gasteiger partial charge in [-0.15, -0.1) is 0 Å². The molecule has 0 unspecified atom stereocenters. The summed E-state index contributed by atoms with van der Waals surface area (Å²) in [5.41, 5.74) is 12.4. The molecule has 0 radical (unpaired) electrons. The first-order valence-electron chi connectivity index (χ1n) is 14.5. The van der Waals surface area contributed by atoms with Crippen LogP contribution in [-0.4, -0.2) is 4.57 Å². The Hall–Kier alpha value is -5.28. The van der Waals surface area contributed by atoms with Crippen molar-refractivity contribution in [3.05, 3.63) is 126 Å². The van der Waals surface area contributed by atoms with Crippen molar-refractivity contribution in [1.82, 2.24) is 4.57 Å². The predicted octanol–water partition coefficient (Wildman–Crippen LogP) is 10.9. The highest BCUT2D eigenvalue weighted by Crippen LogP contribution is 2.56. The summed E-state index contributed by atoms with van der Waals surface area (Å²) in [6.45, 7) is 4.72. The Balaban J connectivity index is 1.38. The lowest BCUT2D eigenvalue weighted by molar-refractivity contribution is 0.657. The molecule has 3 aromatic heterocycles. The summed E-state index contributed by atoms with van der Waals surface area (Å²) in [6, 6.07) is 41.2. The van der Waals surface area contributed by atoms with Gasteiger partial charge in [-0.25, -0.2) is 0 Å². The fourth-order valence-corrected chi connectivity index (χ4v) is 7.78. The SMILES string of the molecule is CC1(C)c2ccc3c4ccccc4n(-c4ccc5oc6ccccc6c5c4)c3c2-c2ccc3oc4ccccc4c3c21.